The number of benzene rings is 1. The molecule has 124 valence electrons. The molecule has 24 heavy (non-hydrogen) atoms. The third-order valence-electron chi connectivity index (χ3n) is 4.57. The fourth-order valence-corrected chi connectivity index (χ4v) is 3.26. The predicted molar refractivity (Wildman–Crippen MR) is 95.0 cm³/mol. The van der Waals surface area contributed by atoms with Crippen LogP contribution >= 0.6 is 0 Å². The van der Waals surface area contributed by atoms with Gasteiger partial charge in [-0.25, -0.2) is 0 Å². The Morgan fingerprint density at radius 2 is 1.83 bits per heavy atom. The van der Waals surface area contributed by atoms with Gasteiger partial charge in [0.25, 0.3) is 0 Å². The molecule has 1 aromatic carbocycles. The number of rotatable bonds is 4. The van der Waals surface area contributed by atoms with Crippen molar-refractivity contribution in [3.05, 3.63) is 64.0 Å². The zero-order chi connectivity index (χ0) is 17.1. The van der Waals surface area contributed by atoms with Crippen LogP contribution in [0.3, 0.4) is 0 Å². The first-order valence-electron chi connectivity index (χ1n) is 8.23. The van der Waals surface area contributed by atoms with Gasteiger partial charge in [0.1, 0.15) is 0 Å². The molecular weight excluding hydrogens is 300 g/mol. The molecule has 0 aliphatic carbocycles. The highest BCUT2D eigenvalue weighted by Crippen LogP contribution is 2.23. The molecule has 4 heteroatoms. The number of H-pyrrole nitrogens is 1. The number of aromatic amines is 1. The fraction of sp³-hybridized carbons (Fsp3) is 0.300. The van der Waals surface area contributed by atoms with Crippen LogP contribution in [0.15, 0.2) is 35.9 Å². The summed E-state index contributed by atoms with van der Waals surface area (Å²) in [6.07, 6.45) is 3.28. The number of hydrogen-bond donors (Lipinski definition) is 1. The van der Waals surface area contributed by atoms with Crippen LogP contribution in [-0.2, 0) is 11.3 Å². The average molecular weight is 322 g/mol. The molecule has 3 rings (SSSR count). The Morgan fingerprint density at radius 1 is 1.12 bits per heavy atom. The van der Waals surface area contributed by atoms with Crippen molar-refractivity contribution < 1.29 is 9.59 Å². The number of aryl methyl sites for hydroxylation is 2. The molecule has 0 amide bonds. The van der Waals surface area contributed by atoms with Gasteiger partial charge in [-0.2, -0.15) is 0 Å². The number of hydrogen-bond acceptors (Lipinski definition) is 3. The first kappa shape index (κ1) is 16.4. The molecule has 1 saturated heterocycles. The van der Waals surface area contributed by atoms with Gasteiger partial charge in [-0.05, 0) is 25.5 Å². The maximum absolute atomic E-state index is 12.3. The Morgan fingerprint density at radius 3 is 2.54 bits per heavy atom. The van der Waals surface area contributed by atoms with Gasteiger partial charge in [0, 0.05) is 54.1 Å². The van der Waals surface area contributed by atoms with E-state index >= 15 is 0 Å². The molecule has 0 bridgehead atoms. The number of aldehydes is 1. The van der Waals surface area contributed by atoms with Crippen molar-refractivity contribution in [2.24, 2.45) is 0 Å². The van der Waals surface area contributed by atoms with Crippen LogP contribution in [0.4, 0.5) is 0 Å². The Hall–Kier alpha value is -2.46. The van der Waals surface area contributed by atoms with E-state index in [2.05, 4.69) is 22.0 Å². The molecule has 1 N–H and O–H groups in total. The summed E-state index contributed by atoms with van der Waals surface area (Å²) in [4.78, 5) is 29.1. The van der Waals surface area contributed by atoms with E-state index in [1.54, 1.807) is 0 Å². The van der Waals surface area contributed by atoms with Gasteiger partial charge in [-0.3, -0.25) is 14.5 Å². The summed E-state index contributed by atoms with van der Waals surface area (Å²) in [5.41, 5.74) is 5.28. The van der Waals surface area contributed by atoms with Crippen LogP contribution in [0, 0.1) is 13.8 Å². The highest BCUT2D eigenvalue weighted by Gasteiger charge is 2.22. The number of aromatic nitrogens is 1. The molecule has 0 saturated carbocycles. The van der Waals surface area contributed by atoms with Gasteiger partial charge in [-0.1, -0.05) is 30.3 Å². The van der Waals surface area contributed by atoms with E-state index in [-0.39, 0.29) is 5.78 Å². The molecule has 1 aliphatic rings. The van der Waals surface area contributed by atoms with Gasteiger partial charge in [0.15, 0.2) is 12.1 Å². The molecule has 1 fully saturated rings. The van der Waals surface area contributed by atoms with E-state index in [1.165, 1.54) is 5.56 Å². The lowest BCUT2D eigenvalue weighted by Gasteiger charge is -2.27. The normalized spacial score (nSPS) is 17.4. The van der Waals surface area contributed by atoms with Crippen molar-refractivity contribution in [1.82, 2.24) is 9.88 Å². The minimum absolute atomic E-state index is 0.175. The van der Waals surface area contributed by atoms with Crippen molar-refractivity contribution in [3.63, 3.8) is 0 Å². The lowest BCUT2D eigenvalue weighted by molar-refractivity contribution is -0.117. The quantitative estimate of drug-likeness (QED) is 0.694. The Labute approximate surface area is 142 Å². The van der Waals surface area contributed by atoms with Crippen molar-refractivity contribution in [3.8, 4) is 0 Å². The summed E-state index contributed by atoms with van der Waals surface area (Å²) < 4.78 is 0. The molecule has 0 spiro atoms. The number of piperidine rings is 1. The van der Waals surface area contributed by atoms with Crippen LogP contribution in [0.5, 0.6) is 0 Å². The van der Waals surface area contributed by atoms with Gasteiger partial charge >= 0.3 is 0 Å². The number of ketones is 1. The number of nitrogens with zero attached hydrogens (tertiary/aromatic N) is 1. The zero-order valence-electron chi connectivity index (χ0n) is 14.1. The maximum atomic E-state index is 12.3. The molecule has 2 heterocycles. The molecular formula is C20H22N2O2. The van der Waals surface area contributed by atoms with Crippen molar-refractivity contribution >= 4 is 18.1 Å². The van der Waals surface area contributed by atoms with E-state index in [0.29, 0.717) is 18.5 Å². The van der Waals surface area contributed by atoms with Crippen molar-refractivity contribution in [1.29, 1.82) is 0 Å². The summed E-state index contributed by atoms with van der Waals surface area (Å²) in [5, 5.41) is 0. The monoisotopic (exact) mass is 322 g/mol. The number of carbonyl (C=O) groups excluding carboxylic acids is 2. The molecule has 0 atom stereocenters. The second-order valence-electron chi connectivity index (χ2n) is 6.36. The minimum Gasteiger partial charge on any atom is -0.362 e. The molecule has 0 unspecified atom stereocenters. The SMILES string of the molecule is Cc1[nH]c(C)c(/C=C2\CN(Cc3ccccc3)CCC2=O)c1C=O. The topological polar surface area (TPSA) is 53.2 Å². The summed E-state index contributed by atoms with van der Waals surface area (Å²) >= 11 is 0. The van der Waals surface area contributed by atoms with Gasteiger partial charge < -0.3 is 4.98 Å². The summed E-state index contributed by atoms with van der Waals surface area (Å²) in [6, 6.07) is 10.3. The third kappa shape index (κ3) is 3.39. The van der Waals surface area contributed by atoms with E-state index in [0.717, 1.165) is 41.9 Å². The molecule has 0 radical (unpaired) electrons. The van der Waals surface area contributed by atoms with Crippen LogP contribution in [0.2, 0.25) is 0 Å². The smallest absolute Gasteiger partial charge is 0.161 e. The number of likely N-dealkylation sites (tertiary alicyclic amines) is 1. The summed E-state index contributed by atoms with van der Waals surface area (Å²) in [5.74, 6) is 0.175. The number of carbonyl (C=O) groups is 2. The maximum Gasteiger partial charge on any atom is 0.161 e. The Bertz CT molecular complexity index is 787. The highest BCUT2D eigenvalue weighted by atomic mass is 16.1. The van der Waals surface area contributed by atoms with Crippen LogP contribution in [0.25, 0.3) is 6.08 Å². The minimum atomic E-state index is 0.175. The van der Waals surface area contributed by atoms with Gasteiger partial charge in [0.05, 0.1) is 0 Å². The van der Waals surface area contributed by atoms with Gasteiger partial charge in [-0.15, -0.1) is 0 Å². The summed E-state index contributed by atoms with van der Waals surface area (Å²) in [7, 11) is 0. The van der Waals surface area contributed by atoms with Crippen molar-refractivity contribution in [2.45, 2.75) is 26.8 Å². The van der Waals surface area contributed by atoms with Crippen LogP contribution < -0.4 is 0 Å². The predicted octanol–water partition coefficient (Wildman–Crippen LogP) is 3.30. The van der Waals surface area contributed by atoms with E-state index in [9.17, 15) is 9.59 Å². The van der Waals surface area contributed by atoms with E-state index < -0.39 is 0 Å². The zero-order valence-corrected chi connectivity index (χ0v) is 14.1. The first-order valence-corrected chi connectivity index (χ1v) is 8.23. The van der Waals surface area contributed by atoms with E-state index in [1.807, 2.05) is 38.1 Å². The van der Waals surface area contributed by atoms with Crippen molar-refractivity contribution in [2.75, 3.05) is 13.1 Å². The molecule has 1 aromatic heterocycles. The highest BCUT2D eigenvalue weighted by molar-refractivity contribution is 6.02. The Kier molecular flexibility index (Phi) is 4.76. The molecule has 4 nitrogen and oxygen atoms in total. The van der Waals surface area contributed by atoms with E-state index in [4.69, 9.17) is 0 Å². The lowest BCUT2D eigenvalue weighted by Crippen LogP contribution is -2.35. The first-order chi connectivity index (χ1) is 11.6. The van der Waals surface area contributed by atoms with Crippen LogP contribution in [0.1, 0.15) is 39.3 Å². The third-order valence-corrected chi connectivity index (χ3v) is 4.57. The standard InChI is InChI=1S/C20H22N2O2/c1-14-18(19(13-23)15(2)21-14)10-17-12-22(9-8-20(17)24)11-16-6-4-3-5-7-16/h3-7,10,13,21H,8-9,11-12H2,1-2H3/b17-10+. The van der Waals surface area contributed by atoms with Gasteiger partial charge in [0.2, 0.25) is 0 Å². The Balaban J connectivity index is 1.84. The van der Waals surface area contributed by atoms with Crippen LogP contribution in [-0.4, -0.2) is 35.0 Å². The number of Topliss-reactive ketones (excluding diaryl/α,β-unsaturated/α-hetero) is 1. The number of nitrogens with one attached hydrogen (secondary N) is 1. The average Bonchev–Trinajstić information content (AvgIpc) is 2.84. The molecule has 1 aliphatic heterocycles. The second kappa shape index (κ2) is 6.97. The largest absolute Gasteiger partial charge is 0.362 e. The molecule has 2 aromatic rings. The summed E-state index contributed by atoms with van der Waals surface area (Å²) in [6.45, 7) is 6.04. The lowest BCUT2D eigenvalue weighted by atomic mass is 9.98. The fourth-order valence-electron chi connectivity index (χ4n) is 3.26. The second-order valence-corrected chi connectivity index (χ2v) is 6.36.